The molecule has 3 nitrogen and oxygen atoms in total. The minimum absolute atomic E-state index is 0.00687. The highest BCUT2D eigenvalue weighted by Gasteiger charge is 2.28. The number of quaternary nitrogens is 1. The maximum atomic E-state index is 12.0. The number of rotatable bonds is 4. The Hall–Kier alpha value is -0.830. The number of esters is 1. The third-order valence-corrected chi connectivity index (χ3v) is 4.99. The summed E-state index contributed by atoms with van der Waals surface area (Å²) in [7, 11) is 0. The highest BCUT2D eigenvalue weighted by atomic mass is 16.5. The van der Waals surface area contributed by atoms with E-state index in [9.17, 15) is 4.79 Å². The van der Waals surface area contributed by atoms with Crippen LogP contribution in [0.2, 0.25) is 0 Å². The second-order valence-electron chi connectivity index (χ2n) is 6.89. The van der Waals surface area contributed by atoms with Crippen molar-refractivity contribution in [1.29, 1.82) is 0 Å². The van der Waals surface area contributed by atoms with E-state index in [1.54, 1.807) is 0 Å². The normalized spacial score (nSPS) is 31.8. The summed E-state index contributed by atoms with van der Waals surface area (Å²) in [6.07, 6.45) is 7.31. The topological polar surface area (TPSA) is 30.7 Å². The van der Waals surface area contributed by atoms with Crippen LogP contribution >= 0.6 is 0 Å². The molecular weight excluding hydrogens is 250 g/mol. The molecule has 1 saturated heterocycles. The molecule has 114 valence electrons. The Bertz CT molecular complexity index is 358. The Morgan fingerprint density at radius 2 is 2.00 bits per heavy atom. The Morgan fingerprint density at radius 1 is 1.30 bits per heavy atom. The summed E-state index contributed by atoms with van der Waals surface area (Å²) in [6.45, 7) is 10.1. The van der Waals surface area contributed by atoms with Crippen LogP contribution in [0.1, 0.15) is 46.5 Å². The van der Waals surface area contributed by atoms with Gasteiger partial charge in [0.25, 0.3) is 0 Å². The largest absolute Gasteiger partial charge is 0.461 e. The fraction of sp³-hybridized carbons (Fsp3) is 0.824. The highest BCUT2D eigenvalue weighted by Crippen LogP contribution is 2.33. The van der Waals surface area contributed by atoms with Crippen molar-refractivity contribution in [3.63, 3.8) is 0 Å². The SMILES string of the molecule is CC1=C[C@H](C)[C@H](COC(=O)C[NH+]2CCCCC2)[C@@H](C)C1. The molecule has 0 aromatic rings. The number of allylic oxidation sites excluding steroid dienone is 2. The molecule has 0 aromatic carbocycles. The number of carbonyl (C=O) groups excluding carboxylic acids is 1. The van der Waals surface area contributed by atoms with E-state index in [1.807, 2.05) is 0 Å². The van der Waals surface area contributed by atoms with E-state index in [1.165, 1.54) is 29.7 Å². The zero-order chi connectivity index (χ0) is 14.5. The first kappa shape index (κ1) is 15.6. The van der Waals surface area contributed by atoms with Crippen LogP contribution in [0.15, 0.2) is 11.6 Å². The van der Waals surface area contributed by atoms with Crippen LogP contribution in [0.25, 0.3) is 0 Å². The summed E-state index contributed by atoms with van der Waals surface area (Å²) in [5.41, 5.74) is 1.48. The van der Waals surface area contributed by atoms with E-state index in [2.05, 4.69) is 26.8 Å². The minimum atomic E-state index is -0.00687. The molecule has 1 N–H and O–H groups in total. The summed E-state index contributed by atoms with van der Waals surface area (Å²) in [4.78, 5) is 13.4. The summed E-state index contributed by atoms with van der Waals surface area (Å²) in [5.74, 6) is 1.62. The molecular formula is C17H30NO2+. The van der Waals surface area contributed by atoms with Crippen molar-refractivity contribution >= 4 is 5.97 Å². The van der Waals surface area contributed by atoms with Crippen molar-refractivity contribution in [2.75, 3.05) is 26.2 Å². The lowest BCUT2D eigenvalue weighted by molar-refractivity contribution is -0.897. The molecule has 0 spiro atoms. The zero-order valence-electron chi connectivity index (χ0n) is 13.3. The third kappa shape index (κ3) is 4.34. The van der Waals surface area contributed by atoms with Crippen LogP contribution in [-0.2, 0) is 9.53 Å². The fourth-order valence-corrected chi connectivity index (χ4v) is 3.81. The van der Waals surface area contributed by atoms with Gasteiger partial charge in [-0.3, -0.25) is 0 Å². The number of hydrogen-bond donors (Lipinski definition) is 1. The monoisotopic (exact) mass is 280 g/mol. The maximum Gasteiger partial charge on any atom is 0.361 e. The first-order chi connectivity index (χ1) is 9.56. The average molecular weight is 280 g/mol. The number of hydrogen-bond acceptors (Lipinski definition) is 2. The molecule has 1 aliphatic heterocycles. The van der Waals surface area contributed by atoms with E-state index in [0.29, 0.717) is 30.9 Å². The molecule has 0 aromatic heterocycles. The van der Waals surface area contributed by atoms with E-state index in [-0.39, 0.29) is 5.97 Å². The van der Waals surface area contributed by atoms with Gasteiger partial charge in [-0.25, -0.2) is 4.79 Å². The Kier molecular flexibility index (Phi) is 5.64. The predicted molar refractivity (Wildman–Crippen MR) is 80.6 cm³/mol. The van der Waals surface area contributed by atoms with Gasteiger partial charge in [0.05, 0.1) is 19.7 Å². The second-order valence-corrected chi connectivity index (χ2v) is 6.89. The van der Waals surface area contributed by atoms with Crippen molar-refractivity contribution in [3.05, 3.63) is 11.6 Å². The van der Waals surface area contributed by atoms with E-state index in [0.717, 1.165) is 19.5 Å². The molecule has 2 aliphatic rings. The third-order valence-electron chi connectivity index (χ3n) is 4.99. The first-order valence-electron chi connectivity index (χ1n) is 8.22. The number of piperidine rings is 1. The molecule has 3 heteroatoms. The van der Waals surface area contributed by atoms with Gasteiger partial charge in [0, 0.05) is 5.92 Å². The molecule has 1 heterocycles. The number of carbonyl (C=O) groups is 1. The van der Waals surface area contributed by atoms with Crippen LogP contribution in [0.3, 0.4) is 0 Å². The van der Waals surface area contributed by atoms with Crippen LogP contribution in [0.5, 0.6) is 0 Å². The highest BCUT2D eigenvalue weighted by molar-refractivity contribution is 5.70. The fourth-order valence-electron chi connectivity index (χ4n) is 3.81. The van der Waals surface area contributed by atoms with Crippen molar-refractivity contribution in [3.8, 4) is 0 Å². The van der Waals surface area contributed by atoms with Crippen molar-refractivity contribution in [2.45, 2.75) is 46.5 Å². The summed E-state index contributed by atoms with van der Waals surface area (Å²) < 4.78 is 5.57. The Morgan fingerprint density at radius 3 is 2.65 bits per heavy atom. The van der Waals surface area contributed by atoms with Crippen molar-refractivity contribution in [1.82, 2.24) is 0 Å². The maximum absolute atomic E-state index is 12.0. The molecule has 1 fully saturated rings. The first-order valence-corrected chi connectivity index (χ1v) is 8.22. The lowest BCUT2D eigenvalue weighted by Gasteiger charge is -2.32. The number of likely N-dealkylation sites (tertiary alicyclic amines) is 1. The predicted octanol–water partition coefficient (Wildman–Crippen LogP) is 1.84. The van der Waals surface area contributed by atoms with Gasteiger partial charge in [-0.15, -0.1) is 0 Å². The van der Waals surface area contributed by atoms with Gasteiger partial charge in [-0.1, -0.05) is 25.5 Å². The zero-order valence-corrected chi connectivity index (χ0v) is 13.3. The van der Waals surface area contributed by atoms with Gasteiger partial charge < -0.3 is 9.64 Å². The molecule has 2 rings (SSSR count). The lowest BCUT2D eigenvalue weighted by atomic mass is 9.75. The lowest BCUT2D eigenvalue weighted by Crippen LogP contribution is -3.13. The standard InChI is InChI=1S/C17H29NO2/c1-13-9-14(2)16(15(3)10-13)12-20-17(19)11-18-7-5-4-6-8-18/h9,14-16H,4-8,10-12H2,1-3H3/p+1/t14-,15-,16-/m0/s1. The van der Waals surface area contributed by atoms with Crippen LogP contribution in [0, 0.1) is 17.8 Å². The molecule has 0 unspecified atom stereocenters. The average Bonchev–Trinajstić information content (AvgIpc) is 2.38. The summed E-state index contributed by atoms with van der Waals surface area (Å²) in [6, 6.07) is 0. The molecule has 3 atom stereocenters. The van der Waals surface area contributed by atoms with E-state index >= 15 is 0 Å². The quantitative estimate of drug-likeness (QED) is 0.629. The molecule has 0 bridgehead atoms. The van der Waals surface area contributed by atoms with Gasteiger partial charge in [-0.2, -0.15) is 0 Å². The Labute approximate surface area is 123 Å². The Balaban J connectivity index is 1.75. The van der Waals surface area contributed by atoms with Gasteiger partial charge in [0.15, 0.2) is 6.54 Å². The van der Waals surface area contributed by atoms with E-state index in [4.69, 9.17) is 4.74 Å². The van der Waals surface area contributed by atoms with Gasteiger partial charge >= 0.3 is 5.97 Å². The van der Waals surface area contributed by atoms with E-state index < -0.39 is 0 Å². The van der Waals surface area contributed by atoms with Gasteiger partial charge in [-0.05, 0) is 44.4 Å². The molecule has 1 aliphatic carbocycles. The second kappa shape index (κ2) is 7.26. The van der Waals surface area contributed by atoms with Crippen LogP contribution in [0.4, 0.5) is 0 Å². The molecule has 0 saturated carbocycles. The minimum Gasteiger partial charge on any atom is -0.461 e. The molecule has 0 radical (unpaired) electrons. The van der Waals surface area contributed by atoms with Crippen molar-refractivity contribution < 1.29 is 14.4 Å². The molecule has 0 amide bonds. The van der Waals surface area contributed by atoms with Gasteiger partial charge in [0.2, 0.25) is 0 Å². The smallest absolute Gasteiger partial charge is 0.361 e. The number of nitrogens with one attached hydrogen (secondary N) is 1. The van der Waals surface area contributed by atoms with Crippen molar-refractivity contribution in [2.24, 2.45) is 17.8 Å². The number of ether oxygens (including phenoxy) is 1. The van der Waals surface area contributed by atoms with Gasteiger partial charge in [0.1, 0.15) is 0 Å². The summed E-state index contributed by atoms with van der Waals surface area (Å²) in [5, 5.41) is 0. The van der Waals surface area contributed by atoms with Crippen LogP contribution in [-0.4, -0.2) is 32.2 Å². The van der Waals surface area contributed by atoms with Crippen LogP contribution < -0.4 is 4.90 Å². The summed E-state index contributed by atoms with van der Waals surface area (Å²) >= 11 is 0. The molecule has 20 heavy (non-hydrogen) atoms.